The molecular weight excluding hydrogens is 475 g/mol. The molecular formula is C22H19Cl3N4O3. The highest BCUT2D eigenvalue weighted by Crippen LogP contribution is 2.29. The summed E-state index contributed by atoms with van der Waals surface area (Å²) in [5.41, 5.74) is 5.76. The second-order valence-electron chi connectivity index (χ2n) is 6.76. The van der Waals surface area contributed by atoms with E-state index in [0.29, 0.717) is 26.5 Å². The Hall–Kier alpha value is -3.00. The number of carbonyl (C=O) groups excluding carboxylic acids is 2. The predicted octanol–water partition coefficient (Wildman–Crippen LogP) is 5.15. The molecule has 2 N–H and O–H groups in total. The molecule has 1 heterocycles. The van der Waals surface area contributed by atoms with E-state index in [9.17, 15) is 9.59 Å². The number of hydrazone groups is 1. The number of methoxy groups -OCH3 is 1. The Morgan fingerprint density at radius 2 is 1.75 bits per heavy atom. The fourth-order valence-electron chi connectivity index (χ4n) is 3.09. The van der Waals surface area contributed by atoms with E-state index >= 15 is 0 Å². The number of nitrogens with zero attached hydrogens (tertiary/aromatic N) is 2. The van der Waals surface area contributed by atoms with E-state index in [1.54, 1.807) is 30.3 Å². The van der Waals surface area contributed by atoms with E-state index in [1.165, 1.54) is 19.4 Å². The topological polar surface area (TPSA) is 84.7 Å². The van der Waals surface area contributed by atoms with Crippen LogP contribution in [-0.2, 0) is 9.59 Å². The molecule has 0 saturated heterocycles. The normalized spacial score (nSPS) is 10.9. The number of halogens is 3. The Labute approximate surface area is 199 Å². The van der Waals surface area contributed by atoms with Crippen molar-refractivity contribution >= 4 is 58.5 Å². The molecule has 32 heavy (non-hydrogen) atoms. The first kappa shape index (κ1) is 23.7. The van der Waals surface area contributed by atoms with Crippen LogP contribution in [0.4, 0.5) is 5.69 Å². The summed E-state index contributed by atoms with van der Waals surface area (Å²) in [6.07, 6.45) is 1.45. The number of aryl methyl sites for hydroxylation is 1. The van der Waals surface area contributed by atoms with Gasteiger partial charge in [-0.15, -0.1) is 0 Å². The highest BCUT2D eigenvalue weighted by Gasteiger charge is 2.15. The van der Waals surface area contributed by atoms with Gasteiger partial charge in [0.25, 0.3) is 0 Å². The van der Waals surface area contributed by atoms with E-state index in [4.69, 9.17) is 39.5 Å². The number of carbonyl (C=O) groups is 2. The largest absolute Gasteiger partial charge is 0.495 e. The summed E-state index contributed by atoms with van der Waals surface area (Å²) in [4.78, 5) is 24.2. The molecule has 7 nitrogen and oxygen atoms in total. The van der Waals surface area contributed by atoms with Gasteiger partial charge in [-0.3, -0.25) is 9.59 Å². The molecule has 2 aromatic carbocycles. The molecule has 0 aliphatic heterocycles. The minimum Gasteiger partial charge on any atom is -0.495 e. The van der Waals surface area contributed by atoms with Crippen molar-refractivity contribution in [3.8, 4) is 11.4 Å². The van der Waals surface area contributed by atoms with Crippen LogP contribution in [0.3, 0.4) is 0 Å². The molecule has 3 rings (SSSR count). The smallest absolute Gasteiger partial charge is 0.329 e. The summed E-state index contributed by atoms with van der Waals surface area (Å²) in [5.74, 6) is -1.37. The van der Waals surface area contributed by atoms with Crippen molar-refractivity contribution in [1.29, 1.82) is 0 Å². The molecule has 0 aliphatic carbocycles. The van der Waals surface area contributed by atoms with Gasteiger partial charge in [0.1, 0.15) is 5.75 Å². The first-order valence-corrected chi connectivity index (χ1v) is 10.5. The Balaban J connectivity index is 1.69. The monoisotopic (exact) mass is 492 g/mol. The number of aromatic nitrogens is 1. The molecule has 10 heteroatoms. The second-order valence-corrected chi connectivity index (χ2v) is 8.01. The Morgan fingerprint density at radius 3 is 2.44 bits per heavy atom. The lowest BCUT2D eigenvalue weighted by molar-refractivity contribution is -0.136. The number of hydrogen-bond donors (Lipinski definition) is 2. The van der Waals surface area contributed by atoms with Crippen LogP contribution >= 0.6 is 34.8 Å². The highest BCUT2D eigenvalue weighted by atomic mass is 35.5. The average molecular weight is 494 g/mol. The number of amides is 2. The maximum absolute atomic E-state index is 12.1. The molecule has 0 radical (unpaired) electrons. The zero-order valence-corrected chi connectivity index (χ0v) is 19.6. The summed E-state index contributed by atoms with van der Waals surface area (Å²) >= 11 is 18.5. The van der Waals surface area contributed by atoms with Gasteiger partial charge in [-0.05, 0) is 56.3 Å². The minimum absolute atomic E-state index is 0.305. The zero-order chi connectivity index (χ0) is 23.4. The highest BCUT2D eigenvalue weighted by molar-refractivity contribution is 6.40. The molecule has 0 fully saturated rings. The molecule has 2 amide bonds. The average Bonchev–Trinajstić information content (AvgIpc) is 3.03. The fourth-order valence-corrected chi connectivity index (χ4v) is 3.72. The summed E-state index contributed by atoms with van der Waals surface area (Å²) in [6.45, 7) is 3.79. The third-order valence-corrected chi connectivity index (χ3v) is 5.46. The molecule has 0 spiro atoms. The lowest BCUT2D eigenvalue weighted by Crippen LogP contribution is -2.32. The molecule has 0 atom stereocenters. The van der Waals surface area contributed by atoms with Gasteiger partial charge in [-0.25, -0.2) is 5.43 Å². The van der Waals surface area contributed by atoms with Crippen molar-refractivity contribution in [1.82, 2.24) is 9.99 Å². The van der Waals surface area contributed by atoms with Crippen molar-refractivity contribution in [2.24, 2.45) is 5.10 Å². The van der Waals surface area contributed by atoms with Crippen LogP contribution < -0.4 is 15.5 Å². The minimum atomic E-state index is -0.931. The second kappa shape index (κ2) is 10.1. The zero-order valence-electron chi connectivity index (χ0n) is 17.4. The number of anilines is 1. The number of benzene rings is 2. The lowest BCUT2D eigenvalue weighted by atomic mass is 10.2. The SMILES string of the molecule is COc1ccc(NC(=O)C(=O)N/N=C\c2cc(C)n(-c3cc(Cl)ccc3Cl)c2C)cc1Cl. The first-order chi connectivity index (χ1) is 15.2. The van der Waals surface area contributed by atoms with Crippen LogP contribution in [0.5, 0.6) is 5.75 Å². The third kappa shape index (κ3) is 5.24. The van der Waals surface area contributed by atoms with Crippen molar-refractivity contribution in [2.75, 3.05) is 12.4 Å². The van der Waals surface area contributed by atoms with Gasteiger partial charge in [-0.1, -0.05) is 34.8 Å². The summed E-state index contributed by atoms with van der Waals surface area (Å²) in [7, 11) is 1.48. The number of rotatable bonds is 5. The Kier molecular flexibility index (Phi) is 7.45. The van der Waals surface area contributed by atoms with Gasteiger partial charge in [0, 0.05) is 27.7 Å². The summed E-state index contributed by atoms with van der Waals surface area (Å²) in [5, 5.41) is 7.75. The number of nitrogens with one attached hydrogen (secondary N) is 2. The van der Waals surface area contributed by atoms with Gasteiger partial charge < -0.3 is 14.6 Å². The van der Waals surface area contributed by atoms with Crippen LogP contribution in [-0.4, -0.2) is 29.7 Å². The predicted molar refractivity (Wildman–Crippen MR) is 128 cm³/mol. The van der Waals surface area contributed by atoms with Crippen molar-refractivity contribution in [2.45, 2.75) is 13.8 Å². The van der Waals surface area contributed by atoms with Gasteiger partial charge in [0.2, 0.25) is 0 Å². The molecule has 0 aliphatic rings. The van der Waals surface area contributed by atoms with Crippen LogP contribution in [0.15, 0.2) is 47.6 Å². The van der Waals surface area contributed by atoms with E-state index in [0.717, 1.165) is 22.6 Å². The molecule has 1 aromatic heterocycles. The molecule has 0 saturated carbocycles. The van der Waals surface area contributed by atoms with Gasteiger partial charge in [-0.2, -0.15) is 5.10 Å². The molecule has 0 unspecified atom stereocenters. The summed E-state index contributed by atoms with van der Waals surface area (Å²) < 4.78 is 6.98. The van der Waals surface area contributed by atoms with E-state index in [2.05, 4.69) is 15.8 Å². The van der Waals surface area contributed by atoms with Gasteiger partial charge in [0.05, 0.1) is 29.1 Å². The molecule has 3 aromatic rings. The van der Waals surface area contributed by atoms with Crippen molar-refractivity contribution in [3.63, 3.8) is 0 Å². The number of ether oxygens (including phenoxy) is 1. The van der Waals surface area contributed by atoms with Gasteiger partial charge in [0.15, 0.2) is 0 Å². The van der Waals surface area contributed by atoms with Crippen molar-refractivity contribution in [3.05, 3.63) is 74.5 Å². The van der Waals surface area contributed by atoms with E-state index in [1.807, 2.05) is 24.5 Å². The van der Waals surface area contributed by atoms with Crippen LogP contribution in [0.2, 0.25) is 15.1 Å². The molecule has 166 valence electrons. The van der Waals surface area contributed by atoms with E-state index in [-0.39, 0.29) is 0 Å². The number of hydrogen-bond acceptors (Lipinski definition) is 4. The first-order valence-electron chi connectivity index (χ1n) is 9.33. The lowest BCUT2D eigenvalue weighted by Gasteiger charge is -2.12. The van der Waals surface area contributed by atoms with E-state index < -0.39 is 11.8 Å². The van der Waals surface area contributed by atoms with Crippen LogP contribution in [0, 0.1) is 13.8 Å². The standard InChI is InChI=1S/C22H19Cl3N4O3/c1-12-8-14(13(2)29(12)19-9-15(23)4-6-17(19)24)11-26-28-22(31)21(30)27-16-5-7-20(32-3)18(25)10-16/h4-11H,1-3H3,(H,27,30)(H,28,31)/b26-11-. The maximum Gasteiger partial charge on any atom is 0.329 e. The van der Waals surface area contributed by atoms with Gasteiger partial charge >= 0.3 is 11.8 Å². The summed E-state index contributed by atoms with van der Waals surface area (Å²) in [6, 6.07) is 11.7. The van der Waals surface area contributed by atoms with Crippen LogP contribution in [0.1, 0.15) is 17.0 Å². The maximum atomic E-state index is 12.1. The Morgan fingerprint density at radius 1 is 1.00 bits per heavy atom. The van der Waals surface area contributed by atoms with Crippen molar-refractivity contribution < 1.29 is 14.3 Å². The fraction of sp³-hybridized carbons (Fsp3) is 0.136. The van der Waals surface area contributed by atoms with Crippen LogP contribution in [0.25, 0.3) is 5.69 Å². The molecule has 0 bridgehead atoms. The quantitative estimate of drug-likeness (QED) is 0.293. The Bertz CT molecular complexity index is 1220. The third-order valence-electron chi connectivity index (χ3n) is 4.60.